The molecule has 2 nitrogen and oxygen atoms in total. The summed E-state index contributed by atoms with van der Waals surface area (Å²) in [6, 6.07) is 1.97. The van der Waals surface area contributed by atoms with Crippen LogP contribution in [-0.4, -0.2) is 11.2 Å². The molecule has 1 aliphatic rings. The molecule has 2 rings (SSSR count). The minimum absolute atomic E-state index is 0.800. The van der Waals surface area contributed by atoms with Gasteiger partial charge in [0.2, 0.25) is 0 Å². The van der Waals surface area contributed by atoms with Crippen LogP contribution in [-0.2, 0) is 6.54 Å². The lowest BCUT2D eigenvalue weighted by Crippen LogP contribution is -1.83. The van der Waals surface area contributed by atoms with Crippen molar-refractivity contribution < 1.29 is 0 Å². The second-order valence-electron chi connectivity index (χ2n) is 1.97. The quantitative estimate of drug-likeness (QED) is 0.493. The first kappa shape index (κ1) is 4.68. The molecule has 0 N–H and O–H groups in total. The van der Waals surface area contributed by atoms with Crippen molar-refractivity contribution in [2.24, 2.45) is 4.99 Å². The Labute approximate surface area is 53.3 Å². The minimum atomic E-state index is 0.800. The zero-order valence-corrected chi connectivity index (χ0v) is 4.83. The molecule has 0 bridgehead atoms. The Kier molecular flexibility index (Phi) is 0.859. The third kappa shape index (κ3) is 0.633. The van der Waals surface area contributed by atoms with Gasteiger partial charge in [-0.3, -0.25) is 9.98 Å². The summed E-state index contributed by atoms with van der Waals surface area (Å²) in [6.07, 6.45) is 6.40. The fourth-order valence-corrected chi connectivity index (χ4v) is 0.881. The molecule has 2 heteroatoms. The topological polar surface area (TPSA) is 25.2 Å². The van der Waals surface area contributed by atoms with Crippen LogP contribution in [0.1, 0.15) is 11.1 Å². The van der Waals surface area contributed by atoms with E-state index in [0.717, 1.165) is 12.1 Å². The van der Waals surface area contributed by atoms with Gasteiger partial charge in [0, 0.05) is 18.0 Å². The summed E-state index contributed by atoms with van der Waals surface area (Å²) in [5, 5.41) is 0. The van der Waals surface area contributed by atoms with Crippen LogP contribution in [0, 0.1) is 6.20 Å². The van der Waals surface area contributed by atoms with E-state index in [1.807, 2.05) is 12.3 Å². The highest BCUT2D eigenvalue weighted by Crippen LogP contribution is 2.10. The average Bonchev–Trinajstić information content (AvgIpc) is 2.33. The molecular weight excluding hydrogens is 112 g/mol. The van der Waals surface area contributed by atoms with Crippen LogP contribution >= 0.6 is 0 Å². The van der Waals surface area contributed by atoms with Gasteiger partial charge in [-0.15, -0.1) is 0 Å². The van der Waals surface area contributed by atoms with Crippen LogP contribution in [0.2, 0.25) is 0 Å². The summed E-state index contributed by atoms with van der Waals surface area (Å²) in [4.78, 5) is 7.90. The predicted molar refractivity (Wildman–Crippen MR) is 34.4 cm³/mol. The van der Waals surface area contributed by atoms with Gasteiger partial charge in [-0.1, -0.05) is 0 Å². The molecule has 9 heavy (non-hydrogen) atoms. The second kappa shape index (κ2) is 1.65. The van der Waals surface area contributed by atoms with Crippen molar-refractivity contribution in [2.45, 2.75) is 6.54 Å². The van der Waals surface area contributed by atoms with E-state index in [-0.39, 0.29) is 0 Å². The average molecular weight is 117 g/mol. The lowest BCUT2D eigenvalue weighted by atomic mass is 10.2. The van der Waals surface area contributed by atoms with Gasteiger partial charge in [0.15, 0.2) is 0 Å². The second-order valence-corrected chi connectivity index (χ2v) is 1.97. The zero-order chi connectivity index (χ0) is 6.10. The number of fused-ring (bicyclic) bond motifs is 1. The van der Waals surface area contributed by atoms with Crippen LogP contribution < -0.4 is 0 Å². The summed E-state index contributed by atoms with van der Waals surface area (Å²) < 4.78 is 0. The van der Waals surface area contributed by atoms with Gasteiger partial charge < -0.3 is 0 Å². The molecule has 0 spiro atoms. The molecule has 0 saturated heterocycles. The number of aromatic nitrogens is 1. The van der Waals surface area contributed by atoms with Gasteiger partial charge in [-0.25, -0.2) is 0 Å². The Balaban J connectivity index is 2.63. The van der Waals surface area contributed by atoms with Gasteiger partial charge >= 0.3 is 0 Å². The van der Waals surface area contributed by atoms with Crippen LogP contribution in [0.25, 0.3) is 0 Å². The van der Waals surface area contributed by atoms with Gasteiger partial charge in [0.05, 0.1) is 12.7 Å². The molecule has 1 aromatic rings. The highest BCUT2D eigenvalue weighted by Gasteiger charge is 2.03. The first-order valence-corrected chi connectivity index (χ1v) is 2.82. The summed E-state index contributed by atoms with van der Waals surface area (Å²) in [5.41, 5.74) is 2.27. The predicted octanol–water partition coefficient (Wildman–Crippen LogP) is 0.814. The Morgan fingerprint density at radius 2 is 2.56 bits per heavy atom. The van der Waals surface area contributed by atoms with E-state index in [9.17, 15) is 0 Å². The number of rotatable bonds is 0. The molecule has 0 atom stereocenters. The van der Waals surface area contributed by atoms with Crippen molar-refractivity contribution in [2.75, 3.05) is 0 Å². The Morgan fingerprint density at radius 3 is 3.44 bits per heavy atom. The van der Waals surface area contributed by atoms with Gasteiger partial charge in [-0.2, -0.15) is 0 Å². The number of hydrogen-bond acceptors (Lipinski definition) is 2. The first-order chi connectivity index (χ1) is 4.47. The van der Waals surface area contributed by atoms with Gasteiger partial charge in [0.1, 0.15) is 0 Å². The van der Waals surface area contributed by atoms with Gasteiger partial charge in [0.25, 0.3) is 0 Å². The van der Waals surface area contributed by atoms with Crippen LogP contribution in [0.15, 0.2) is 17.3 Å². The summed E-state index contributed by atoms with van der Waals surface area (Å²) >= 11 is 0. The van der Waals surface area contributed by atoms with E-state index in [1.165, 1.54) is 5.56 Å². The highest BCUT2D eigenvalue weighted by atomic mass is 14.7. The van der Waals surface area contributed by atoms with Crippen molar-refractivity contribution in [1.29, 1.82) is 0 Å². The largest absolute Gasteiger partial charge is 0.288 e. The number of hydrogen-bond donors (Lipinski definition) is 0. The first-order valence-electron chi connectivity index (χ1n) is 2.82. The van der Waals surface area contributed by atoms with E-state index in [0.29, 0.717) is 0 Å². The Hall–Kier alpha value is -1.18. The third-order valence-electron chi connectivity index (χ3n) is 1.36. The van der Waals surface area contributed by atoms with Crippen LogP contribution in [0.3, 0.4) is 0 Å². The Bertz CT molecular complexity index is 253. The lowest BCUT2D eigenvalue weighted by Gasteiger charge is -1.89. The molecular formula is C7H5N2. The molecule has 1 aromatic heterocycles. The summed E-state index contributed by atoms with van der Waals surface area (Å²) in [5.74, 6) is 0. The number of pyridine rings is 1. The monoisotopic (exact) mass is 117 g/mol. The summed E-state index contributed by atoms with van der Waals surface area (Å²) in [6.45, 7) is 0.800. The van der Waals surface area contributed by atoms with Crippen molar-refractivity contribution in [3.63, 3.8) is 0 Å². The van der Waals surface area contributed by atoms with E-state index in [4.69, 9.17) is 0 Å². The molecule has 0 saturated carbocycles. The molecule has 0 fully saturated rings. The lowest BCUT2D eigenvalue weighted by molar-refractivity contribution is 1.10. The van der Waals surface area contributed by atoms with Crippen LogP contribution in [0.4, 0.5) is 0 Å². The molecule has 0 unspecified atom stereocenters. The Morgan fingerprint density at radius 1 is 1.56 bits per heavy atom. The highest BCUT2D eigenvalue weighted by molar-refractivity contribution is 5.83. The summed E-state index contributed by atoms with van der Waals surface area (Å²) in [7, 11) is 0. The maximum Gasteiger partial charge on any atom is 0.0984 e. The van der Waals surface area contributed by atoms with E-state index in [2.05, 4.69) is 16.2 Å². The molecule has 0 aliphatic carbocycles. The number of nitrogens with zero attached hydrogens (tertiary/aromatic N) is 2. The zero-order valence-electron chi connectivity index (χ0n) is 4.83. The number of aliphatic imine (C=N–C) groups is 1. The van der Waals surface area contributed by atoms with E-state index >= 15 is 0 Å². The molecule has 0 amide bonds. The van der Waals surface area contributed by atoms with Crippen molar-refractivity contribution >= 4 is 6.21 Å². The van der Waals surface area contributed by atoms with Gasteiger partial charge in [-0.05, 0) is 11.6 Å². The van der Waals surface area contributed by atoms with E-state index in [1.54, 1.807) is 6.20 Å². The molecule has 1 aliphatic heterocycles. The molecule has 0 aromatic carbocycles. The van der Waals surface area contributed by atoms with Crippen LogP contribution in [0.5, 0.6) is 0 Å². The maximum atomic E-state index is 4.06. The van der Waals surface area contributed by atoms with Crippen molar-refractivity contribution in [3.8, 4) is 0 Å². The fourth-order valence-electron chi connectivity index (χ4n) is 0.881. The molecule has 1 radical (unpaired) electrons. The minimum Gasteiger partial charge on any atom is -0.288 e. The maximum absolute atomic E-state index is 4.06. The van der Waals surface area contributed by atoms with Crippen molar-refractivity contribution in [3.05, 3.63) is 29.6 Å². The molecule has 2 heterocycles. The fraction of sp³-hybridized carbons (Fsp3) is 0.143. The standard InChI is InChI=1S/C7H5N2/c1-2-8-4-7-5-9-3-6(1)7/h1-2,5H,3H2. The molecule has 43 valence electrons. The van der Waals surface area contributed by atoms with Crippen molar-refractivity contribution in [1.82, 2.24) is 4.98 Å². The van der Waals surface area contributed by atoms with E-state index < -0.39 is 0 Å². The smallest absolute Gasteiger partial charge is 0.0984 e. The SMILES string of the molecule is [c]1nccc2c1C=NC2. The normalized spacial score (nSPS) is 13.8. The third-order valence-corrected chi connectivity index (χ3v) is 1.36.